The molecule has 0 aliphatic carbocycles. The van der Waals surface area contributed by atoms with Gasteiger partial charge in [0.2, 0.25) is 0 Å². The lowest BCUT2D eigenvalue weighted by Crippen LogP contribution is -2.42. The van der Waals surface area contributed by atoms with E-state index < -0.39 is 17.7 Å². The highest BCUT2D eigenvalue weighted by molar-refractivity contribution is 6.42. The molecule has 2 amide bonds. The molecule has 0 spiro atoms. The number of piperidine rings is 1. The number of rotatable bonds is 10. The van der Waals surface area contributed by atoms with E-state index in [1.807, 2.05) is 6.07 Å². The number of carboxylic acid groups (broad SMARTS) is 1. The Kier molecular flexibility index (Phi) is 14.0. The Balaban J connectivity index is 0.00000138. The monoisotopic (exact) mass is 611 g/mol. The summed E-state index contributed by atoms with van der Waals surface area (Å²) in [4.78, 5) is 35.6. The van der Waals surface area contributed by atoms with Gasteiger partial charge in [0.1, 0.15) is 29.8 Å². The highest BCUT2D eigenvalue weighted by Crippen LogP contribution is 2.28. The molecule has 1 saturated heterocycles. The van der Waals surface area contributed by atoms with Gasteiger partial charge in [-0.3, -0.25) is 9.59 Å². The number of nitrogens with one attached hydrogen (secondary N) is 2. The maximum atomic E-state index is 12.6. The normalized spacial score (nSPS) is 13.8. The van der Waals surface area contributed by atoms with E-state index in [0.29, 0.717) is 34.4 Å². The first-order valence-electron chi connectivity index (χ1n) is 13.3. The number of aliphatic carboxylic acids is 1. The van der Waals surface area contributed by atoms with E-state index in [2.05, 4.69) is 15.5 Å². The Morgan fingerprint density at radius 1 is 0.976 bits per heavy atom. The third kappa shape index (κ3) is 14.3. The molecule has 1 aliphatic heterocycles. The number of hydrogen-bond donors (Lipinski definition) is 3. The maximum absolute atomic E-state index is 12.6. The minimum absolute atomic E-state index is 0.130. The summed E-state index contributed by atoms with van der Waals surface area (Å²) in [6.45, 7) is 10.1. The highest BCUT2D eigenvalue weighted by atomic mass is 35.5. The summed E-state index contributed by atoms with van der Waals surface area (Å²) < 4.78 is 16.9. The van der Waals surface area contributed by atoms with Crippen LogP contribution in [0.15, 0.2) is 42.5 Å². The van der Waals surface area contributed by atoms with Crippen molar-refractivity contribution in [3.8, 4) is 11.5 Å². The van der Waals surface area contributed by atoms with Gasteiger partial charge in [0.25, 0.3) is 11.9 Å². The van der Waals surface area contributed by atoms with Crippen molar-refractivity contribution in [2.75, 3.05) is 39.3 Å². The second kappa shape index (κ2) is 16.9. The molecular weight excluding hydrogens is 573 g/mol. The van der Waals surface area contributed by atoms with Crippen LogP contribution in [0, 0.1) is 0 Å². The van der Waals surface area contributed by atoms with Gasteiger partial charge in [0, 0.05) is 44.7 Å². The van der Waals surface area contributed by atoms with E-state index in [1.165, 1.54) is 0 Å². The molecule has 12 heteroatoms. The number of amides is 2. The van der Waals surface area contributed by atoms with Crippen LogP contribution in [-0.2, 0) is 9.53 Å². The number of benzene rings is 2. The highest BCUT2D eigenvalue weighted by Gasteiger charge is 2.21. The van der Waals surface area contributed by atoms with Gasteiger partial charge >= 0.3 is 6.09 Å². The average Bonchev–Trinajstić information content (AvgIpc) is 2.88. The summed E-state index contributed by atoms with van der Waals surface area (Å²) in [6.07, 6.45) is 1.44. The van der Waals surface area contributed by atoms with Crippen LogP contribution in [0.2, 0.25) is 10.0 Å². The Bertz CT molecular complexity index is 1150. The zero-order valence-corrected chi connectivity index (χ0v) is 25.4. The van der Waals surface area contributed by atoms with Gasteiger partial charge < -0.3 is 34.9 Å². The summed E-state index contributed by atoms with van der Waals surface area (Å²) in [5.74, 6) is 0.295. The molecule has 0 bridgehead atoms. The number of carbonyl (C=O) groups is 3. The fourth-order valence-corrected chi connectivity index (χ4v) is 4.07. The van der Waals surface area contributed by atoms with E-state index >= 15 is 0 Å². The second-order valence-electron chi connectivity index (χ2n) is 10.3. The molecule has 1 aliphatic rings. The van der Waals surface area contributed by atoms with E-state index in [4.69, 9.17) is 47.3 Å². The van der Waals surface area contributed by atoms with Crippen molar-refractivity contribution in [1.29, 1.82) is 0 Å². The molecule has 0 saturated carbocycles. The van der Waals surface area contributed by atoms with Gasteiger partial charge in [-0.1, -0.05) is 29.3 Å². The zero-order valence-electron chi connectivity index (χ0n) is 23.9. The van der Waals surface area contributed by atoms with Crippen LogP contribution in [0.3, 0.4) is 0 Å². The molecular formula is C29H39Cl2N3O7. The minimum atomic E-state index is -0.833. The Morgan fingerprint density at radius 3 is 2.29 bits per heavy atom. The van der Waals surface area contributed by atoms with Crippen LogP contribution < -0.4 is 20.1 Å². The van der Waals surface area contributed by atoms with Gasteiger partial charge in [0.15, 0.2) is 0 Å². The Labute approximate surface area is 251 Å². The summed E-state index contributed by atoms with van der Waals surface area (Å²) in [5.41, 5.74) is -0.0311. The topological polar surface area (TPSA) is 126 Å². The molecule has 3 N–H and O–H groups in total. The number of ether oxygens (including phenoxy) is 3. The van der Waals surface area contributed by atoms with Crippen molar-refractivity contribution in [2.24, 2.45) is 0 Å². The maximum Gasteiger partial charge on any atom is 0.407 e. The number of hydrogen-bond acceptors (Lipinski definition) is 7. The van der Waals surface area contributed by atoms with Crippen LogP contribution in [0.5, 0.6) is 11.5 Å². The van der Waals surface area contributed by atoms with Gasteiger partial charge in [-0.2, -0.15) is 0 Å². The van der Waals surface area contributed by atoms with Gasteiger partial charge in [-0.25, -0.2) is 4.79 Å². The Hall–Kier alpha value is -3.21. The van der Waals surface area contributed by atoms with Crippen LogP contribution >= 0.6 is 23.2 Å². The summed E-state index contributed by atoms with van der Waals surface area (Å²) in [6, 6.07) is 12.3. The molecule has 0 unspecified atom stereocenters. The lowest BCUT2D eigenvalue weighted by molar-refractivity contribution is -0.134. The number of alkyl carbamates (subject to hydrolysis) is 1. The number of carboxylic acids is 1. The van der Waals surface area contributed by atoms with E-state index in [0.717, 1.165) is 45.1 Å². The van der Waals surface area contributed by atoms with Crippen molar-refractivity contribution >= 4 is 41.2 Å². The SMILES string of the molecule is CC(=O)O.CC(C)(C)OC(=O)NCCOc1cccc(C(=O)NCCN2CCC(Oc3ccc(Cl)c(Cl)c3)CC2)c1. The third-order valence-corrected chi connectivity index (χ3v) is 6.32. The average molecular weight is 613 g/mol. The molecule has 2 aromatic rings. The number of nitrogens with zero attached hydrogens (tertiary/aromatic N) is 1. The predicted octanol–water partition coefficient (Wildman–Crippen LogP) is 5.26. The molecule has 1 heterocycles. The molecule has 0 radical (unpaired) electrons. The van der Waals surface area contributed by atoms with Crippen LogP contribution in [0.1, 0.15) is 50.9 Å². The zero-order chi connectivity index (χ0) is 30.4. The molecule has 0 aromatic heterocycles. The largest absolute Gasteiger partial charge is 0.492 e. The molecule has 41 heavy (non-hydrogen) atoms. The van der Waals surface area contributed by atoms with Gasteiger partial charge in [0.05, 0.1) is 16.6 Å². The van der Waals surface area contributed by atoms with Crippen molar-refractivity contribution in [3.63, 3.8) is 0 Å². The number of halogens is 2. The smallest absolute Gasteiger partial charge is 0.407 e. The van der Waals surface area contributed by atoms with Gasteiger partial charge in [-0.05, 0) is 63.9 Å². The number of carbonyl (C=O) groups excluding carboxylic acids is 2. The predicted molar refractivity (Wildman–Crippen MR) is 158 cm³/mol. The quantitative estimate of drug-likeness (QED) is 0.310. The fraction of sp³-hybridized carbons (Fsp3) is 0.483. The fourth-order valence-electron chi connectivity index (χ4n) is 3.79. The van der Waals surface area contributed by atoms with E-state index in [1.54, 1.807) is 57.2 Å². The lowest BCUT2D eigenvalue weighted by Gasteiger charge is -2.32. The van der Waals surface area contributed by atoms with E-state index in [-0.39, 0.29) is 18.6 Å². The van der Waals surface area contributed by atoms with Crippen LogP contribution in [0.25, 0.3) is 0 Å². The molecule has 10 nitrogen and oxygen atoms in total. The Morgan fingerprint density at radius 2 is 1.66 bits per heavy atom. The second-order valence-corrected chi connectivity index (χ2v) is 11.1. The molecule has 3 rings (SSSR count). The molecule has 2 aromatic carbocycles. The van der Waals surface area contributed by atoms with Gasteiger partial charge in [-0.15, -0.1) is 0 Å². The first-order valence-corrected chi connectivity index (χ1v) is 14.1. The number of likely N-dealkylation sites (tertiary alicyclic amines) is 1. The first kappa shape index (κ1) is 34.0. The lowest BCUT2D eigenvalue weighted by atomic mass is 10.1. The minimum Gasteiger partial charge on any atom is -0.492 e. The summed E-state index contributed by atoms with van der Waals surface area (Å²) in [7, 11) is 0. The van der Waals surface area contributed by atoms with Crippen LogP contribution in [0.4, 0.5) is 4.79 Å². The first-order chi connectivity index (χ1) is 19.3. The van der Waals surface area contributed by atoms with Crippen molar-refractivity contribution in [3.05, 3.63) is 58.1 Å². The third-order valence-electron chi connectivity index (χ3n) is 5.58. The summed E-state index contributed by atoms with van der Waals surface area (Å²) >= 11 is 12.0. The molecule has 1 fully saturated rings. The molecule has 0 atom stereocenters. The van der Waals surface area contributed by atoms with Crippen molar-refractivity contribution < 1.29 is 33.7 Å². The standard InChI is InChI=1S/C27H35Cl2N3O5.C2H4O2/c1-27(2,3)37-26(34)31-12-16-35-21-6-4-5-19(17-21)25(33)30-11-15-32-13-9-20(10-14-32)36-22-7-8-23(28)24(29)18-22;1-2(3)4/h4-8,17-18,20H,9-16H2,1-3H3,(H,30,33)(H,31,34);1H3,(H,3,4). The van der Waals surface area contributed by atoms with Crippen molar-refractivity contribution in [1.82, 2.24) is 15.5 Å². The van der Waals surface area contributed by atoms with Crippen LogP contribution in [-0.4, -0.2) is 79.0 Å². The van der Waals surface area contributed by atoms with Crippen molar-refractivity contribution in [2.45, 2.75) is 52.2 Å². The summed E-state index contributed by atoms with van der Waals surface area (Å²) in [5, 5.41) is 14.0. The van der Waals surface area contributed by atoms with E-state index in [9.17, 15) is 9.59 Å². The molecule has 226 valence electrons.